The zero-order valence-corrected chi connectivity index (χ0v) is 22.1. The summed E-state index contributed by atoms with van der Waals surface area (Å²) in [5.41, 5.74) is 2.88. The summed E-state index contributed by atoms with van der Waals surface area (Å²) in [7, 11) is 3.42. The third-order valence-corrected chi connectivity index (χ3v) is 6.75. The van der Waals surface area contributed by atoms with Gasteiger partial charge in [0, 0.05) is 37.6 Å². The van der Waals surface area contributed by atoms with Crippen molar-refractivity contribution in [2.24, 2.45) is 0 Å². The molecule has 0 radical (unpaired) electrons. The van der Waals surface area contributed by atoms with Crippen LogP contribution in [0.4, 0.5) is 28.9 Å². The van der Waals surface area contributed by atoms with Crippen molar-refractivity contribution in [1.29, 1.82) is 0 Å². The second-order valence-corrected chi connectivity index (χ2v) is 9.59. The Morgan fingerprint density at radius 3 is 2.74 bits per heavy atom. The van der Waals surface area contributed by atoms with Crippen LogP contribution in [0.5, 0.6) is 0 Å². The third-order valence-electron chi connectivity index (χ3n) is 6.75. The maximum atomic E-state index is 14.6. The number of aryl methyl sites for hydroxylation is 1. The smallest absolute Gasteiger partial charge is 0.376 e. The van der Waals surface area contributed by atoms with Crippen molar-refractivity contribution in [2.45, 2.75) is 44.6 Å². The molecule has 1 aromatic carbocycles. The summed E-state index contributed by atoms with van der Waals surface area (Å²) in [6.07, 6.45) is -4.04. The summed E-state index contributed by atoms with van der Waals surface area (Å²) in [5, 5.41) is 8.90. The lowest BCUT2D eigenvalue weighted by Crippen LogP contribution is -2.46. The van der Waals surface area contributed by atoms with Gasteiger partial charge in [0.1, 0.15) is 11.9 Å². The van der Waals surface area contributed by atoms with Gasteiger partial charge in [0.2, 0.25) is 0 Å². The molecule has 1 fully saturated rings. The number of hydrogen-bond acceptors (Lipinski definition) is 5. The number of carbonyl (C=O) groups is 1. The Bertz CT molecular complexity index is 1390. The van der Waals surface area contributed by atoms with Crippen LogP contribution in [0.15, 0.2) is 36.5 Å². The number of alkyl halides is 4. The van der Waals surface area contributed by atoms with Crippen molar-refractivity contribution in [1.82, 2.24) is 19.6 Å². The van der Waals surface area contributed by atoms with Crippen LogP contribution in [0.2, 0.25) is 0 Å². The molecule has 1 saturated heterocycles. The number of nitrogens with zero attached hydrogens (tertiary/aromatic N) is 3. The Morgan fingerprint density at radius 1 is 1.26 bits per heavy atom. The number of imidazole rings is 1. The number of likely N-dealkylation sites (tertiary alicyclic amines) is 1. The van der Waals surface area contributed by atoms with E-state index in [1.807, 2.05) is 24.9 Å². The molecule has 2 atom stereocenters. The molecule has 1 amide bonds. The van der Waals surface area contributed by atoms with E-state index in [1.165, 1.54) is 10.6 Å². The standard InChI is InChI=1S/C28H32F4N6O/c1-4-18-15-19(9-10-20(18)27(39)33-2)34-12-5-7-23-25(16-28(30,31)32)38-13-6-8-24(26(38)36-23)35-22-11-14-37(3)17-21(22)29/h6,8-10,13,15,21-22,34-35H,4,11-12,14,16-17H2,1-3H3,(H,33,39)/t21-,22+/m0/s1. The fourth-order valence-corrected chi connectivity index (χ4v) is 4.73. The van der Waals surface area contributed by atoms with Gasteiger partial charge in [-0.05, 0) is 61.7 Å². The second kappa shape index (κ2) is 11.9. The molecule has 3 heterocycles. The maximum absolute atomic E-state index is 14.6. The minimum atomic E-state index is -4.46. The van der Waals surface area contributed by atoms with E-state index in [0.29, 0.717) is 30.6 Å². The quantitative estimate of drug-likeness (QED) is 0.306. The highest BCUT2D eigenvalue weighted by atomic mass is 19.4. The molecule has 0 spiro atoms. The molecule has 0 unspecified atom stereocenters. The first-order valence-corrected chi connectivity index (χ1v) is 12.8. The lowest BCUT2D eigenvalue weighted by atomic mass is 10.0. The van der Waals surface area contributed by atoms with Gasteiger partial charge in [0.15, 0.2) is 5.65 Å². The van der Waals surface area contributed by atoms with Gasteiger partial charge in [-0.15, -0.1) is 0 Å². The second-order valence-electron chi connectivity index (χ2n) is 9.59. The van der Waals surface area contributed by atoms with Gasteiger partial charge >= 0.3 is 6.18 Å². The number of anilines is 2. The zero-order valence-electron chi connectivity index (χ0n) is 22.1. The van der Waals surface area contributed by atoms with E-state index in [4.69, 9.17) is 0 Å². The molecule has 3 N–H and O–H groups in total. The fourth-order valence-electron chi connectivity index (χ4n) is 4.73. The monoisotopic (exact) mass is 544 g/mol. The predicted octanol–water partition coefficient (Wildman–Crippen LogP) is 4.28. The Balaban J connectivity index is 1.58. The molecular weight excluding hydrogens is 512 g/mol. The SMILES string of the molecule is CCc1cc(NCC#Cc2nc3c(N[C@@H]4CCN(C)C[C@@H]4F)cccn3c2CC(F)(F)F)ccc1C(=O)NC. The van der Waals surface area contributed by atoms with Crippen molar-refractivity contribution < 1.29 is 22.4 Å². The normalized spacial score (nSPS) is 17.9. The van der Waals surface area contributed by atoms with Crippen molar-refractivity contribution in [3.63, 3.8) is 0 Å². The van der Waals surface area contributed by atoms with Crippen LogP contribution in [0.1, 0.15) is 40.7 Å². The molecule has 0 aliphatic carbocycles. The highest BCUT2D eigenvalue weighted by Gasteiger charge is 2.32. The van der Waals surface area contributed by atoms with E-state index in [2.05, 4.69) is 32.8 Å². The summed E-state index contributed by atoms with van der Waals surface area (Å²) in [6, 6.07) is 8.17. The predicted molar refractivity (Wildman–Crippen MR) is 144 cm³/mol. The van der Waals surface area contributed by atoms with Crippen molar-refractivity contribution in [3.8, 4) is 11.8 Å². The number of pyridine rings is 1. The minimum Gasteiger partial charge on any atom is -0.376 e. The summed E-state index contributed by atoms with van der Waals surface area (Å²) in [5.74, 6) is 5.49. The number of nitrogens with one attached hydrogen (secondary N) is 3. The number of amides is 1. The number of halogens is 4. The molecule has 11 heteroatoms. The molecule has 4 rings (SSSR count). The number of benzene rings is 1. The fraction of sp³-hybridized carbons (Fsp3) is 0.429. The maximum Gasteiger partial charge on any atom is 0.394 e. The highest BCUT2D eigenvalue weighted by Crippen LogP contribution is 2.28. The third kappa shape index (κ3) is 6.81. The Labute approximate surface area is 225 Å². The molecule has 3 aromatic rings. The molecule has 7 nitrogen and oxygen atoms in total. The summed E-state index contributed by atoms with van der Waals surface area (Å²) >= 11 is 0. The Kier molecular flexibility index (Phi) is 8.65. The van der Waals surface area contributed by atoms with Crippen molar-refractivity contribution in [2.75, 3.05) is 44.4 Å². The first-order valence-electron chi connectivity index (χ1n) is 12.8. The number of hydrogen-bond donors (Lipinski definition) is 3. The number of rotatable bonds is 7. The number of fused-ring (bicyclic) bond motifs is 1. The molecule has 1 aliphatic heterocycles. The number of carbonyl (C=O) groups excluding carboxylic acids is 1. The number of aromatic nitrogens is 2. The molecular formula is C28H32F4N6O. The largest absolute Gasteiger partial charge is 0.394 e. The Hall–Kier alpha value is -3.78. The summed E-state index contributed by atoms with van der Waals surface area (Å²) < 4.78 is 56.5. The topological polar surface area (TPSA) is 73.7 Å². The number of piperidine rings is 1. The lowest BCUT2D eigenvalue weighted by Gasteiger charge is -2.33. The van der Waals surface area contributed by atoms with Gasteiger partial charge in [-0.25, -0.2) is 9.37 Å². The summed E-state index contributed by atoms with van der Waals surface area (Å²) in [4.78, 5) is 18.4. The van der Waals surface area contributed by atoms with Crippen LogP contribution in [-0.4, -0.2) is 72.3 Å². The van der Waals surface area contributed by atoms with Gasteiger partial charge < -0.3 is 25.3 Å². The van der Waals surface area contributed by atoms with E-state index >= 15 is 0 Å². The first-order chi connectivity index (χ1) is 18.6. The van der Waals surface area contributed by atoms with Crippen LogP contribution in [0.25, 0.3) is 5.65 Å². The molecule has 2 aromatic heterocycles. The average molecular weight is 545 g/mol. The average Bonchev–Trinajstić information content (AvgIpc) is 3.24. The van der Waals surface area contributed by atoms with Gasteiger partial charge in [-0.1, -0.05) is 12.8 Å². The Morgan fingerprint density at radius 2 is 2.05 bits per heavy atom. The van der Waals surface area contributed by atoms with Crippen molar-refractivity contribution in [3.05, 3.63) is 59.0 Å². The summed E-state index contributed by atoms with van der Waals surface area (Å²) in [6.45, 7) is 3.10. The zero-order chi connectivity index (χ0) is 28.2. The first kappa shape index (κ1) is 28.2. The molecule has 1 aliphatic rings. The van der Waals surface area contributed by atoms with Crippen LogP contribution >= 0.6 is 0 Å². The van der Waals surface area contributed by atoms with Crippen LogP contribution < -0.4 is 16.0 Å². The molecule has 39 heavy (non-hydrogen) atoms. The van der Waals surface area contributed by atoms with Crippen LogP contribution in [0, 0.1) is 11.8 Å². The van der Waals surface area contributed by atoms with Gasteiger partial charge in [0.05, 0.1) is 30.4 Å². The minimum absolute atomic E-state index is 0.0211. The molecule has 0 bridgehead atoms. The highest BCUT2D eigenvalue weighted by molar-refractivity contribution is 5.96. The van der Waals surface area contributed by atoms with E-state index in [1.54, 1.807) is 31.3 Å². The van der Waals surface area contributed by atoms with Crippen molar-refractivity contribution >= 4 is 22.9 Å². The molecule has 208 valence electrons. The van der Waals surface area contributed by atoms with E-state index in [-0.39, 0.29) is 36.0 Å². The lowest BCUT2D eigenvalue weighted by molar-refractivity contribution is -0.128. The van der Waals surface area contributed by atoms with E-state index in [0.717, 1.165) is 11.3 Å². The van der Waals surface area contributed by atoms with E-state index in [9.17, 15) is 22.4 Å². The molecule has 0 saturated carbocycles. The van der Waals surface area contributed by atoms with Crippen LogP contribution in [0.3, 0.4) is 0 Å². The van der Waals surface area contributed by atoms with E-state index < -0.39 is 24.8 Å². The van der Waals surface area contributed by atoms with Crippen LogP contribution in [-0.2, 0) is 12.8 Å². The van der Waals surface area contributed by atoms with Gasteiger partial charge in [-0.2, -0.15) is 13.2 Å². The van der Waals surface area contributed by atoms with Gasteiger partial charge in [0.25, 0.3) is 5.91 Å². The van der Waals surface area contributed by atoms with Gasteiger partial charge in [-0.3, -0.25) is 4.79 Å².